The number of carbonyl (C=O) groups is 2. The molecule has 26 heavy (non-hydrogen) atoms. The van der Waals surface area contributed by atoms with E-state index < -0.39 is 0 Å². The Morgan fingerprint density at radius 2 is 1.73 bits per heavy atom. The van der Waals surface area contributed by atoms with Gasteiger partial charge >= 0.3 is 0 Å². The van der Waals surface area contributed by atoms with Gasteiger partial charge < -0.3 is 10.6 Å². The lowest BCUT2D eigenvalue weighted by Crippen LogP contribution is -2.33. The summed E-state index contributed by atoms with van der Waals surface area (Å²) in [7, 11) is 0. The van der Waals surface area contributed by atoms with Gasteiger partial charge in [-0.3, -0.25) is 9.59 Å². The number of rotatable bonds is 5. The van der Waals surface area contributed by atoms with Crippen LogP contribution < -0.4 is 10.6 Å². The van der Waals surface area contributed by atoms with E-state index in [1.54, 1.807) is 12.1 Å². The minimum atomic E-state index is -0.318. The third-order valence-electron chi connectivity index (χ3n) is 4.08. The molecule has 3 aromatic carbocycles. The summed E-state index contributed by atoms with van der Waals surface area (Å²) in [6, 6.07) is 19.2. The van der Waals surface area contributed by atoms with E-state index in [0.717, 1.165) is 21.9 Å². The van der Waals surface area contributed by atoms with Crippen LogP contribution in [0.15, 0.2) is 60.7 Å². The summed E-state index contributed by atoms with van der Waals surface area (Å²) in [5, 5.41) is 7.96. The van der Waals surface area contributed by atoms with E-state index in [1.807, 2.05) is 55.5 Å². The summed E-state index contributed by atoms with van der Waals surface area (Å²) >= 11 is 6.10. The maximum absolute atomic E-state index is 12.2. The molecule has 0 heterocycles. The summed E-state index contributed by atoms with van der Waals surface area (Å²) in [6.07, 6.45) is 0.222. The van der Waals surface area contributed by atoms with Crippen LogP contribution in [0, 0.1) is 6.92 Å². The number of aryl methyl sites for hydroxylation is 1. The molecule has 0 aromatic heterocycles. The number of anilines is 1. The Balaban J connectivity index is 1.57. The van der Waals surface area contributed by atoms with Crippen molar-refractivity contribution in [1.29, 1.82) is 0 Å². The summed E-state index contributed by atoms with van der Waals surface area (Å²) in [5.74, 6) is -0.520. The molecule has 2 amide bonds. The second-order valence-corrected chi connectivity index (χ2v) is 6.53. The average molecular weight is 367 g/mol. The molecule has 0 atom stereocenters. The number of halogens is 1. The van der Waals surface area contributed by atoms with Crippen LogP contribution in [-0.4, -0.2) is 18.4 Å². The van der Waals surface area contributed by atoms with Gasteiger partial charge in [-0.2, -0.15) is 0 Å². The Kier molecular flexibility index (Phi) is 5.54. The van der Waals surface area contributed by atoms with E-state index >= 15 is 0 Å². The first-order chi connectivity index (χ1) is 12.5. The lowest BCUT2D eigenvalue weighted by Gasteiger charge is -2.10. The zero-order valence-corrected chi connectivity index (χ0v) is 15.1. The third kappa shape index (κ3) is 4.41. The fraction of sp³-hybridized carbons (Fsp3) is 0.143. The Labute approximate surface area is 157 Å². The molecule has 2 N–H and O–H groups in total. The fourth-order valence-electron chi connectivity index (χ4n) is 2.78. The van der Waals surface area contributed by atoms with E-state index in [0.29, 0.717) is 10.7 Å². The van der Waals surface area contributed by atoms with Crippen molar-refractivity contribution < 1.29 is 9.59 Å². The number of hydrogen-bond donors (Lipinski definition) is 2. The number of nitrogens with one attached hydrogen (secondary N) is 2. The molecule has 0 saturated carbocycles. The number of hydrogen-bond acceptors (Lipinski definition) is 2. The molecular weight excluding hydrogens is 348 g/mol. The van der Waals surface area contributed by atoms with Crippen molar-refractivity contribution in [3.63, 3.8) is 0 Å². The number of fused-ring (bicyclic) bond motifs is 1. The highest BCUT2D eigenvalue weighted by atomic mass is 35.5. The van der Waals surface area contributed by atoms with Crippen molar-refractivity contribution in [3.05, 3.63) is 76.8 Å². The van der Waals surface area contributed by atoms with E-state index in [-0.39, 0.29) is 24.8 Å². The van der Waals surface area contributed by atoms with Gasteiger partial charge in [-0.1, -0.05) is 60.1 Å². The van der Waals surface area contributed by atoms with Gasteiger partial charge in [-0.15, -0.1) is 0 Å². The molecule has 0 unspecified atom stereocenters. The first-order valence-electron chi connectivity index (χ1n) is 8.32. The minimum absolute atomic E-state index is 0.103. The molecule has 0 radical (unpaired) electrons. The molecular formula is C21H19ClN2O2. The number of amides is 2. The molecule has 0 saturated heterocycles. The molecule has 0 aliphatic heterocycles. The zero-order valence-electron chi connectivity index (χ0n) is 14.4. The van der Waals surface area contributed by atoms with E-state index in [9.17, 15) is 9.59 Å². The summed E-state index contributed by atoms with van der Waals surface area (Å²) in [6.45, 7) is 1.82. The smallest absolute Gasteiger partial charge is 0.243 e. The lowest BCUT2D eigenvalue weighted by atomic mass is 10.0. The molecule has 0 bridgehead atoms. The maximum Gasteiger partial charge on any atom is 0.243 e. The highest BCUT2D eigenvalue weighted by Crippen LogP contribution is 2.22. The van der Waals surface area contributed by atoms with Crippen molar-refractivity contribution in [3.8, 4) is 0 Å². The van der Waals surface area contributed by atoms with Crippen LogP contribution in [0.25, 0.3) is 10.8 Å². The monoisotopic (exact) mass is 366 g/mol. The van der Waals surface area contributed by atoms with Gasteiger partial charge in [-0.05, 0) is 41.0 Å². The van der Waals surface area contributed by atoms with Gasteiger partial charge in [0.15, 0.2) is 0 Å². The summed E-state index contributed by atoms with van der Waals surface area (Å²) < 4.78 is 0. The third-order valence-corrected chi connectivity index (χ3v) is 4.39. The average Bonchev–Trinajstić information content (AvgIpc) is 2.63. The molecule has 0 aliphatic carbocycles. The van der Waals surface area contributed by atoms with Crippen molar-refractivity contribution in [2.24, 2.45) is 0 Å². The first-order valence-corrected chi connectivity index (χ1v) is 8.70. The Morgan fingerprint density at radius 1 is 0.962 bits per heavy atom. The van der Waals surface area contributed by atoms with Crippen molar-refractivity contribution in [2.75, 3.05) is 11.9 Å². The normalized spacial score (nSPS) is 10.5. The van der Waals surface area contributed by atoms with Gasteiger partial charge in [0.1, 0.15) is 0 Å². The van der Waals surface area contributed by atoms with Crippen LogP contribution >= 0.6 is 11.6 Å². The van der Waals surface area contributed by atoms with Crippen LogP contribution in [0.4, 0.5) is 5.69 Å². The van der Waals surface area contributed by atoms with Crippen molar-refractivity contribution >= 4 is 39.9 Å². The SMILES string of the molecule is Cc1ccc(NC(=O)CNC(=O)Cc2cccc3ccccc23)c(Cl)c1. The largest absolute Gasteiger partial charge is 0.347 e. The van der Waals surface area contributed by atoms with Crippen LogP contribution in [0.3, 0.4) is 0 Å². The Morgan fingerprint density at radius 3 is 2.54 bits per heavy atom. The highest BCUT2D eigenvalue weighted by Gasteiger charge is 2.10. The van der Waals surface area contributed by atoms with Gasteiger partial charge in [-0.25, -0.2) is 0 Å². The van der Waals surface area contributed by atoms with Crippen LogP contribution in [0.5, 0.6) is 0 Å². The van der Waals surface area contributed by atoms with E-state index in [4.69, 9.17) is 11.6 Å². The molecule has 0 spiro atoms. The summed E-state index contributed by atoms with van der Waals surface area (Å²) in [4.78, 5) is 24.2. The minimum Gasteiger partial charge on any atom is -0.347 e. The van der Waals surface area contributed by atoms with Crippen LogP contribution in [0.2, 0.25) is 5.02 Å². The second-order valence-electron chi connectivity index (χ2n) is 6.12. The van der Waals surface area contributed by atoms with Gasteiger partial charge in [0.2, 0.25) is 11.8 Å². The zero-order chi connectivity index (χ0) is 18.5. The van der Waals surface area contributed by atoms with Gasteiger partial charge in [0.25, 0.3) is 0 Å². The quantitative estimate of drug-likeness (QED) is 0.714. The molecule has 3 rings (SSSR count). The standard InChI is InChI=1S/C21H19ClN2O2/c1-14-9-10-19(18(22)11-14)24-21(26)13-23-20(25)12-16-7-4-6-15-5-2-3-8-17(15)16/h2-11H,12-13H2,1H3,(H,23,25)(H,24,26). The molecule has 5 heteroatoms. The predicted octanol–water partition coefficient (Wildman–Crippen LogP) is 4.10. The Bertz CT molecular complexity index is 964. The topological polar surface area (TPSA) is 58.2 Å². The first kappa shape index (κ1) is 18.0. The lowest BCUT2D eigenvalue weighted by molar-refractivity contribution is -0.123. The molecule has 3 aromatic rings. The maximum atomic E-state index is 12.2. The second kappa shape index (κ2) is 8.02. The van der Waals surface area contributed by atoms with Gasteiger partial charge in [0.05, 0.1) is 23.7 Å². The Hall–Kier alpha value is -2.85. The van der Waals surface area contributed by atoms with Crippen molar-refractivity contribution in [2.45, 2.75) is 13.3 Å². The summed E-state index contributed by atoms with van der Waals surface area (Å²) in [5.41, 5.74) is 2.48. The molecule has 132 valence electrons. The van der Waals surface area contributed by atoms with Crippen LogP contribution in [0.1, 0.15) is 11.1 Å². The molecule has 0 aliphatic rings. The highest BCUT2D eigenvalue weighted by molar-refractivity contribution is 6.33. The fourth-order valence-corrected chi connectivity index (χ4v) is 3.06. The number of benzene rings is 3. The number of carbonyl (C=O) groups excluding carboxylic acids is 2. The van der Waals surface area contributed by atoms with Crippen molar-refractivity contribution in [1.82, 2.24) is 5.32 Å². The van der Waals surface area contributed by atoms with E-state index in [2.05, 4.69) is 10.6 Å². The van der Waals surface area contributed by atoms with E-state index in [1.165, 1.54) is 0 Å². The van der Waals surface area contributed by atoms with Gasteiger partial charge in [0, 0.05) is 0 Å². The molecule has 4 nitrogen and oxygen atoms in total. The van der Waals surface area contributed by atoms with Crippen LogP contribution in [-0.2, 0) is 16.0 Å². The molecule has 0 fully saturated rings. The predicted molar refractivity (Wildman–Crippen MR) is 105 cm³/mol.